The van der Waals surface area contributed by atoms with Crippen LogP contribution in [0.2, 0.25) is 0 Å². The summed E-state index contributed by atoms with van der Waals surface area (Å²) in [6.07, 6.45) is 1.56. The van der Waals surface area contributed by atoms with Crippen molar-refractivity contribution in [3.8, 4) is 0 Å². The smallest absolute Gasteiger partial charge is 0.264 e. The normalized spacial score (nSPS) is 11.8. The Balaban J connectivity index is 2.41. The molecule has 0 aliphatic heterocycles. The number of hydrogen-bond donors (Lipinski definition) is 1. The summed E-state index contributed by atoms with van der Waals surface area (Å²) in [6.45, 7) is 3.86. The second-order valence-corrected chi connectivity index (χ2v) is 7.86. The van der Waals surface area contributed by atoms with Gasteiger partial charge in [-0.1, -0.05) is 15.9 Å². The molecule has 1 aromatic carbocycles. The Kier molecular flexibility index (Phi) is 4.55. The largest absolute Gasteiger partial charge is 0.264 e. The SMILES string of the molecule is CC(C)n1nccc1NS(=O)(=O)c1cc(Br)ccc1Br. The van der Waals surface area contributed by atoms with Gasteiger partial charge in [-0.05, 0) is 48.0 Å². The fourth-order valence-corrected chi connectivity index (χ4v) is 4.23. The number of hydrogen-bond acceptors (Lipinski definition) is 3. The van der Waals surface area contributed by atoms with Crippen LogP contribution in [0.1, 0.15) is 19.9 Å². The minimum absolute atomic E-state index is 0.0636. The Morgan fingerprint density at radius 1 is 1.25 bits per heavy atom. The Bertz CT molecular complexity index is 726. The zero-order valence-corrected chi connectivity index (χ0v) is 14.8. The van der Waals surface area contributed by atoms with Crippen molar-refractivity contribution in [3.05, 3.63) is 39.4 Å². The maximum atomic E-state index is 12.4. The highest BCUT2D eigenvalue weighted by Crippen LogP contribution is 2.27. The van der Waals surface area contributed by atoms with Gasteiger partial charge in [-0.15, -0.1) is 0 Å². The average molecular weight is 423 g/mol. The monoisotopic (exact) mass is 421 g/mol. The first-order valence-corrected chi connectivity index (χ1v) is 8.89. The van der Waals surface area contributed by atoms with Gasteiger partial charge in [0, 0.05) is 21.1 Å². The summed E-state index contributed by atoms with van der Waals surface area (Å²) in [6, 6.07) is 6.68. The van der Waals surface area contributed by atoms with Crippen LogP contribution < -0.4 is 4.72 Å². The molecule has 0 unspecified atom stereocenters. The van der Waals surface area contributed by atoms with Gasteiger partial charge in [0.2, 0.25) is 0 Å². The molecular weight excluding hydrogens is 410 g/mol. The van der Waals surface area contributed by atoms with Crippen LogP contribution in [-0.4, -0.2) is 18.2 Å². The number of nitrogens with one attached hydrogen (secondary N) is 1. The van der Waals surface area contributed by atoms with E-state index in [-0.39, 0.29) is 10.9 Å². The van der Waals surface area contributed by atoms with E-state index in [4.69, 9.17) is 0 Å². The van der Waals surface area contributed by atoms with Gasteiger partial charge in [0.1, 0.15) is 10.7 Å². The summed E-state index contributed by atoms with van der Waals surface area (Å²) in [5.74, 6) is 0.437. The second-order valence-electron chi connectivity index (χ2n) is 4.44. The highest BCUT2D eigenvalue weighted by Gasteiger charge is 2.20. The lowest BCUT2D eigenvalue weighted by Gasteiger charge is -2.14. The van der Waals surface area contributed by atoms with Crippen LogP contribution in [0.25, 0.3) is 0 Å². The molecule has 0 amide bonds. The molecule has 20 heavy (non-hydrogen) atoms. The zero-order chi connectivity index (χ0) is 14.9. The average Bonchev–Trinajstić information content (AvgIpc) is 2.79. The molecule has 1 heterocycles. The number of halogens is 2. The number of aromatic nitrogens is 2. The molecule has 8 heteroatoms. The molecule has 2 aromatic rings. The molecule has 0 saturated carbocycles. The molecule has 1 aromatic heterocycles. The molecule has 0 saturated heterocycles. The number of nitrogens with zero attached hydrogens (tertiary/aromatic N) is 2. The lowest BCUT2D eigenvalue weighted by molar-refractivity contribution is 0.539. The molecule has 0 radical (unpaired) electrons. The van der Waals surface area contributed by atoms with E-state index in [0.29, 0.717) is 14.8 Å². The first kappa shape index (κ1) is 15.5. The van der Waals surface area contributed by atoms with Gasteiger partial charge in [-0.3, -0.25) is 4.72 Å². The van der Waals surface area contributed by atoms with E-state index in [9.17, 15) is 8.42 Å². The van der Waals surface area contributed by atoms with Crippen molar-refractivity contribution >= 4 is 47.7 Å². The zero-order valence-electron chi connectivity index (χ0n) is 10.8. The van der Waals surface area contributed by atoms with E-state index in [1.165, 1.54) is 0 Å². The summed E-state index contributed by atoms with van der Waals surface area (Å²) in [5, 5.41) is 4.10. The van der Waals surface area contributed by atoms with Gasteiger partial charge in [-0.2, -0.15) is 5.10 Å². The summed E-state index contributed by atoms with van der Waals surface area (Å²) in [7, 11) is -3.68. The Morgan fingerprint density at radius 2 is 1.95 bits per heavy atom. The number of rotatable bonds is 4. The highest BCUT2D eigenvalue weighted by atomic mass is 79.9. The quantitative estimate of drug-likeness (QED) is 0.814. The Morgan fingerprint density at radius 3 is 2.60 bits per heavy atom. The minimum atomic E-state index is -3.68. The molecule has 0 atom stereocenters. The third-order valence-electron chi connectivity index (χ3n) is 2.58. The molecular formula is C12H13Br2N3O2S. The number of sulfonamides is 1. The van der Waals surface area contributed by atoms with Crippen LogP contribution in [0.15, 0.2) is 44.3 Å². The van der Waals surface area contributed by atoms with Crippen molar-refractivity contribution in [1.82, 2.24) is 9.78 Å². The fraction of sp³-hybridized carbons (Fsp3) is 0.250. The first-order valence-electron chi connectivity index (χ1n) is 5.82. The molecule has 108 valence electrons. The van der Waals surface area contributed by atoms with Crippen molar-refractivity contribution in [1.29, 1.82) is 0 Å². The van der Waals surface area contributed by atoms with Gasteiger partial charge in [0.15, 0.2) is 0 Å². The topological polar surface area (TPSA) is 64.0 Å². The molecule has 0 fully saturated rings. The van der Waals surface area contributed by atoms with Crippen molar-refractivity contribution in [3.63, 3.8) is 0 Å². The van der Waals surface area contributed by atoms with E-state index in [0.717, 1.165) is 0 Å². The molecule has 5 nitrogen and oxygen atoms in total. The minimum Gasteiger partial charge on any atom is -0.264 e. The second kappa shape index (κ2) is 5.87. The maximum absolute atomic E-state index is 12.4. The third-order valence-corrected chi connectivity index (χ3v) is 5.42. The van der Waals surface area contributed by atoms with Crippen LogP contribution in [0.5, 0.6) is 0 Å². The van der Waals surface area contributed by atoms with Gasteiger partial charge >= 0.3 is 0 Å². The Labute approximate surface area is 134 Å². The molecule has 2 rings (SSSR count). The van der Waals surface area contributed by atoms with E-state index in [1.54, 1.807) is 35.1 Å². The highest BCUT2D eigenvalue weighted by molar-refractivity contribution is 9.11. The van der Waals surface area contributed by atoms with Gasteiger partial charge in [0.25, 0.3) is 10.0 Å². The summed E-state index contributed by atoms with van der Waals surface area (Å²) >= 11 is 6.53. The predicted octanol–water partition coefficient (Wildman–Crippen LogP) is 3.79. The van der Waals surface area contributed by atoms with Crippen LogP contribution in [0, 0.1) is 0 Å². The molecule has 0 aliphatic rings. The number of anilines is 1. The summed E-state index contributed by atoms with van der Waals surface area (Å²) < 4.78 is 30.3. The van der Waals surface area contributed by atoms with Crippen LogP contribution >= 0.6 is 31.9 Å². The molecule has 0 bridgehead atoms. The molecule has 0 aliphatic carbocycles. The van der Waals surface area contributed by atoms with E-state index in [1.807, 2.05) is 13.8 Å². The lowest BCUT2D eigenvalue weighted by atomic mass is 10.4. The van der Waals surface area contributed by atoms with Gasteiger partial charge in [0.05, 0.1) is 6.20 Å². The standard InChI is InChI=1S/C12H13Br2N3O2S/c1-8(2)17-12(5-6-15-17)16-20(18,19)11-7-9(13)3-4-10(11)14/h3-8,16H,1-2H3. The maximum Gasteiger partial charge on any atom is 0.264 e. The Hall–Kier alpha value is -0.860. The molecule has 0 spiro atoms. The molecule has 1 N–H and O–H groups in total. The van der Waals surface area contributed by atoms with Gasteiger partial charge in [-0.25, -0.2) is 13.1 Å². The van der Waals surface area contributed by atoms with E-state index >= 15 is 0 Å². The van der Waals surface area contributed by atoms with Gasteiger partial charge < -0.3 is 0 Å². The predicted molar refractivity (Wildman–Crippen MR) is 85.3 cm³/mol. The summed E-state index contributed by atoms with van der Waals surface area (Å²) in [4.78, 5) is 0.170. The van der Waals surface area contributed by atoms with Crippen molar-refractivity contribution in [2.24, 2.45) is 0 Å². The van der Waals surface area contributed by atoms with E-state index < -0.39 is 10.0 Å². The van der Waals surface area contributed by atoms with E-state index in [2.05, 4.69) is 41.7 Å². The fourth-order valence-electron chi connectivity index (χ4n) is 1.68. The van der Waals surface area contributed by atoms with Crippen LogP contribution in [0.3, 0.4) is 0 Å². The number of benzene rings is 1. The summed E-state index contributed by atoms with van der Waals surface area (Å²) in [5.41, 5.74) is 0. The van der Waals surface area contributed by atoms with Crippen molar-refractivity contribution in [2.75, 3.05) is 4.72 Å². The van der Waals surface area contributed by atoms with Crippen molar-refractivity contribution < 1.29 is 8.42 Å². The lowest BCUT2D eigenvalue weighted by Crippen LogP contribution is -2.17. The van der Waals surface area contributed by atoms with Crippen LogP contribution in [0.4, 0.5) is 5.82 Å². The van der Waals surface area contributed by atoms with Crippen LogP contribution in [-0.2, 0) is 10.0 Å². The first-order chi connectivity index (χ1) is 9.31. The van der Waals surface area contributed by atoms with Crippen molar-refractivity contribution in [2.45, 2.75) is 24.8 Å². The third kappa shape index (κ3) is 3.24.